The molecule has 1 unspecified atom stereocenters. The van der Waals surface area contributed by atoms with Gasteiger partial charge in [-0.25, -0.2) is 0 Å². The van der Waals surface area contributed by atoms with Crippen molar-refractivity contribution >= 4 is 5.91 Å². The van der Waals surface area contributed by atoms with Gasteiger partial charge < -0.3 is 55.3 Å². The first kappa shape index (κ1) is 21.4. The van der Waals surface area contributed by atoms with E-state index in [0.717, 1.165) is 6.92 Å². The average molecular weight is 383 g/mol. The summed E-state index contributed by atoms with van der Waals surface area (Å²) in [7, 11) is 0. The molecule has 0 aromatic rings. The quantitative estimate of drug-likeness (QED) is 0.212. The summed E-state index contributed by atoms with van der Waals surface area (Å²) in [6, 6.07) is 0. The molecule has 2 rings (SSSR count). The van der Waals surface area contributed by atoms with Crippen molar-refractivity contribution in [3.8, 4) is 0 Å². The summed E-state index contributed by atoms with van der Waals surface area (Å²) < 4.78 is 15.6. The first-order valence-corrected chi connectivity index (χ1v) is 8.05. The summed E-state index contributed by atoms with van der Waals surface area (Å²) >= 11 is 0. The maximum absolute atomic E-state index is 11.4. The molecule has 0 spiro atoms. The van der Waals surface area contributed by atoms with E-state index in [1.807, 2.05) is 5.32 Å². The SMILES string of the molecule is CC(=O)N[C@]1(O)C(O)O[C@H](CO)[C@H](O)[C@@H]1O[C@H]1C[C@@H](O)[C@@H](O)[C@@H](CO)O1. The minimum atomic E-state index is -2.59. The lowest BCUT2D eigenvalue weighted by molar-refractivity contribution is -0.372. The Morgan fingerprint density at radius 1 is 1.12 bits per heavy atom. The van der Waals surface area contributed by atoms with Crippen LogP contribution in [0, 0.1) is 0 Å². The van der Waals surface area contributed by atoms with Gasteiger partial charge in [0.25, 0.3) is 0 Å². The second-order valence-corrected chi connectivity index (χ2v) is 6.34. The number of ether oxygens (including phenoxy) is 3. The number of hydrogen-bond acceptors (Lipinski definition) is 11. The van der Waals surface area contributed by atoms with Gasteiger partial charge in [0, 0.05) is 13.3 Å². The Morgan fingerprint density at radius 2 is 1.69 bits per heavy atom. The summed E-state index contributed by atoms with van der Waals surface area (Å²) in [5.41, 5.74) is -2.59. The molecule has 0 saturated carbocycles. The summed E-state index contributed by atoms with van der Waals surface area (Å²) in [4.78, 5) is 11.4. The van der Waals surface area contributed by atoms with Gasteiger partial charge in [-0.1, -0.05) is 0 Å². The fraction of sp³-hybridized carbons (Fsp3) is 0.929. The van der Waals surface area contributed by atoms with Crippen molar-refractivity contribution in [2.45, 2.75) is 68.3 Å². The molecule has 26 heavy (non-hydrogen) atoms. The van der Waals surface area contributed by atoms with Gasteiger partial charge in [0.2, 0.25) is 17.9 Å². The minimum absolute atomic E-state index is 0.280. The molecule has 0 radical (unpaired) electrons. The number of rotatable bonds is 5. The van der Waals surface area contributed by atoms with Crippen LogP contribution in [-0.4, -0.2) is 110 Å². The zero-order valence-electron chi connectivity index (χ0n) is 14.0. The molecule has 152 valence electrons. The molecule has 0 bridgehead atoms. The van der Waals surface area contributed by atoms with E-state index in [1.165, 1.54) is 0 Å². The van der Waals surface area contributed by atoms with Gasteiger partial charge in [-0.15, -0.1) is 0 Å². The van der Waals surface area contributed by atoms with E-state index in [-0.39, 0.29) is 6.42 Å². The third-order valence-corrected chi connectivity index (χ3v) is 4.38. The number of hydrogen-bond donors (Lipinski definition) is 8. The molecular formula is C14H25NO11. The summed E-state index contributed by atoms with van der Waals surface area (Å²) in [6.45, 7) is -0.308. The Hall–Kier alpha value is -0.930. The predicted octanol–water partition coefficient (Wildman–Crippen LogP) is -4.90. The van der Waals surface area contributed by atoms with Crippen LogP contribution in [0.1, 0.15) is 13.3 Å². The van der Waals surface area contributed by atoms with Crippen LogP contribution >= 0.6 is 0 Å². The zero-order valence-corrected chi connectivity index (χ0v) is 14.0. The Bertz CT molecular complexity index is 494. The highest BCUT2D eigenvalue weighted by Crippen LogP contribution is 2.32. The van der Waals surface area contributed by atoms with Gasteiger partial charge in [-0.2, -0.15) is 0 Å². The lowest BCUT2D eigenvalue weighted by atomic mass is 9.92. The third kappa shape index (κ3) is 4.14. The molecule has 2 heterocycles. The molecule has 9 atom stereocenters. The van der Waals surface area contributed by atoms with Gasteiger partial charge in [-0.3, -0.25) is 4.79 Å². The first-order chi connectivity index (χ1) is 12.1. The summed E-state index contributed by atoms with van der Waals surface area (Å²) in [6.07, 6.45) is -12.3. The lowest BCUT2D eigenvalue weighted by Crippen LogP contribution is -2.74. The van der Waals surface area contributed by atoms with Crippen LogP contribution in [0.25, 0.3) is 0 Å². The van der Waals surface area contributed by atoms with Gasteiger partial charge in [-0.05, 0) is 0 Å². The van der Waals surface area contributed by atoms with E-state index in [4.69, 9.17) is 14.2 Å². The number of aliphatic hydroxyl groups excluding tert-OH is 6. The standard InChI is InChI=1S/C14H25NO11/c1-5(18)15-14(23)12(11(21)8(4-17)25-13(14)22)26-9-2-6(19)10(20)7(3-16)24-9/h6-13,16-17,19-23H,2-4H2,1H3,(H,15,18)/t6-,7-,8-,9+,10-,11+,12+,13?,14-/m1/s1. The molecule has 2 fully saturated rings. The molecule has 2 aliphatic rings. The van der Waals surface area contributed by atoms with Gasteiger partial charge in [0.15, 0.2) is 6.29 Å². The highest BCUT2D eigenvalue weighted by atomic mass is 16.7. The minimum Gasteiger partial charge on any atom is -0.394 e. The largest absolute Gasteiger partial charge is 0.394 e. The van der Waals surface area contributed by atoms with Crippen molar-refractivity contribution in [2.24, 2.45) is 0 Å². The van der Waals surface area contributed by atoms with Crippen molar-refractivity contribution in [2.75, 3.05) is 13.2 Å². The highest BCUT2D eigenvalue weighted by molar-refractivity contribution is 5.73. The second kappa shape index (κ2) is 8.39. The Kier molecular flexibility index (Phi) is 6.90. The molecule has 0 aromatic carbocycles. The van der Waals surface area contributed by atoms with Crippen molar-refractivity contribution in [3.63, 3.8) is 0 Å². The molecule has 2 saturated heterocycles. The van der Waals surface area contributed by atoms with Crippen molar-refractivity contribution < 1.29 is 54.8 Å². The van der Waals surface area contributed by atoms with E-state index in [1.54, 1.807) is 0 Å². The molecule has 12 nitrogen and oxygen atoms in total. The molecule has 12 heteroatoms. The van der Waals surface area contributed by atoms with Gasteiger partial charge in [0.05, 0.1) is 19.3 Å². The maximum Gasteiger partial charge on any atom is 0.219 e. The van der Waals surface area contributed by atoms with E-state index >= 15 is 0 Å². The van der Waals surface area contributed by atoms with Crippen LogP contribution < -0.4 is 5.32 Å². The first-order valence-electron chi connectivity index (χ1n) is 8.05. The van der Waals surface area contributed by atoms with Crippen LogP contribution in [0.2, 0.25) is 0 Å². The molecule has 1 amide bonds. The smallest absolute Gasteiger partial charge is 0.219 e. The van der Waals surface area contributed by atoms with Gasteiger partial charge >= 0.3 is 0 Å². The third-order valence-electron chi connectivity index (χ3n) is 4.38. The van der Waals surface area contributed by atoms with E-state index < -0.39 is 74.0 Å². The van der Waals surface area contributed by atoms with Crippen molar-refractivity contribution in [1.82, 2.24) is 5.32 Å². The normalized spacial score (nSPS) is 46.8. The number of nitrogens with one attached hydrogen (secondary N) is 1. The average Bonchev–Trinajstić information content (AvgIpc) is 2.57. The molecular weight excluding hydrogens is 358 g/mol. The fourth-order valence-electron chi connectivity index (χ4n) is 3.01. The van der Waals surface area contributed by atoms with E-state index in [0.29, 0.717) is 0 Å². The Morgan fingerprint density at radius 3 is 2.23 bits per heavy atom. The maximum atomic E-state index is 11.4. The monoisotopic (exact) mass is 383 g/mol. The molecule has 2 aliphatic heterocycles. The van der Waals surface area contributed by atoms with Crippen molar-refractivity contribution in [3.05, 3.63) is 0 Å². The number of carbonyl (C=O) groups is 1. The number of carbonyl (C=O) groups excluding carboxylic acids is 1. The fourth-order valence-corrected chi connectivity index (χ4v) is 3.01. The van der Waals surface area contributed by atoms with Crippen LogP contribution in [0.4, 0.5) is 0 Å². The Balaban J connectivity index is 2.24. The van der Waals surface area contributed by atoms with Crippen LogP contribution in [-0.2, 0) is 19.0 Å². The zero-order chi connectivity index (χ0) is 19.6. The predicted molar refractivity (Wildman–Crippen MR) is 80.0 cm³/mol. The van der Waals surface area contributed by atoms with E-state index in [2.05, 4.69) is 0 Å². The molecule has 0 aromatic heterocycles. The Labute approximate surface area is 148 Å². The highest BCUT2D eigenvalue weighted by Gasteiger charge is 2.57. The van der Waals surface area contributed by atoms with Crippen LogP contribution in [0.5, 0.6) is 0 Å². The molecule has 8 N–H and O–H groups in total. The van der Waals surface area contributed by atoms with Crippen LogP contribution in [0.15, 0.2) is 0 Å². The number of amides is 1. The topological polar surface area (TPSA) is 198 Å². The molecule has 0 aliphatic carbocycles. The second-order valence-electron chi connectivity index (χ2n) is 6.34. The summed E-state index contributed by atoms with van der Waals surface area (Å²) in [5, 5.41) is 71.0. The van der Waals surface area contributed by atoms with E-state index in [9.17, 15) is 40.5 Å². The number of aliphatic hydroxyl groups is 7. The van der Waals surface area contributed by atoms with Crippen molar-refractivity contribution in [1.29, 1.82) is 0 Å². The van der Waals surface area contributed by atoms with Gasteiger partial charge in [0.1, 0.15) is 30.5 Å². The lowest BCUT2D eigenvalue weighted by Gasteiger charge is -2.49. The summed E-state index contributed by atoms with van der Waals surface area (Å²) in [5.74, 6) is -0.772. The van der Waals surface area contributed by atoms with Crippen LogP contribution in [0.3, 0.4) is 0 Å².